The number of carbonyl (C=O) groups is 2. The average molecular weight is 435 g/mol. The Hall–Kier alpha value is -2.12. The van der Waals surface area contributed by atoms with Crippen molar-refractivity contribution in [3.05, 3.63) is 23.8 Å². The maximum atomic E-state index is 13.2. The van der Waals surface area contributed by atoms with Gasteiger partial charge in [-0.15, -0.1) is 0 Å². The fourth-order valence-corrected chi connectivity index (χ4v) is 3.22. The van der Waals surface area contributed by atoms with Crippen molar-refractivity contribution < 1.29 is 14.3 Å². The van der Waals surface area contributed by atoms with Crippen LogP contribution in [-0.2, 0) is 4.79 Å². The fraction of sp³-hybridized carbons (Fsp3) is 0.667. The lowest BCUT2D eigenvalue weighted by Crippen LogP contribution is -2.53. The van der Waals surface area contributed by atoms with Crippen molar-refractivity contribution in [2.75, 3.05) is 18.5 Å². The molecule has 0 fully saturated rings. The zero-order valence-electron chi connectivity index (χ0n) is 19.9. The summed E-state index contributed by atoms with van der Waals surface area (Å²) in [5.41, 5.74) is 11.8. The van der Waals surface area contributed by atoms with E-state index in [1.807, 2.05) is 19.9 Å². The molecular formula is C24H42N4O3. The molecule has 1 rings (SSSR count). The standard InChI is InChI=1S/C24H42N4O3/c1-6-7-11-20(22(29)24(4,5)26)28-23(30)19-16-18(27-17(2)3)12-13-21(19)31-15-10-8-9-14-25/h12-13,16-17,20,27H,6-11,14-15,25-26H2,1-5H3,(H,28,30). The molecule has 1 amide bonds. The smallest absolute Gasteiger partial charge is 0.255 e. The number of hydrogen-bond donors (Lipinski definition) is 4. The first kappa shape index (κ1) is 26.9. The Bertz CT molecular complexity index is 699. The molecule has 7 nitrogen and oxygen atoms in total. The van der Waals surface area contributed by atoms with E-state index in [1.54, 1.807) is 26.0 Å². The summed E-state index contributed by atoms with van der Waals surface area (Å²) < 4.78 is 5.92. The van der Waals surface area contributed by atoms with Crippen LogP contribution in [-0.4, -0.2) is 42.5 Å². The van der Waals surface area contributed by atoms with Crippen LogP contribution in [0.15, 0.2) is 18.2 Å². The van der Waals surface area contributed by atoms with Crippen molar-refractivity contribution in [3.63, 3.8) is 0 Å². The number of carbonyl (C=O) groups excluding carboxylic acids is 2. The van der Waals surface area contributed by atoms with Gasteiger partial charge >= 0.3 is 0 Å². The number of amides is 1. The minimum atomic E-state index is -1.02. The summed E-state index contributed by atoms with van der Waals surface area (Å²) in [6, 6.07) is 5.06. The van der Waals surface area contributed by atoms with Crippen molar-refractivity contribution in [3.8, 4) is 5.75 Å². The highest BCUT2D eigenvalue weighted by molar-refractivity contribution is 6.02. The first-order chi connectivity index (χ1) is 14.6. The second-order valence-corrected chi connectivity index (χ2v) is 8.96. The third-order valence-electron chi connectivity index (χ3n) is 4.89. The van der Waals surface area contributed by atoms with Gasteiger partial charge in [-0.3, -0.25) is 9.59 Å². The van der Waals surface area contributed by atoms with E-state index in [1.165, 1.54) is 0 Å². The number of anilines is 1. The van der Waals surface area contributed by atoms with Gasteiger partial charge in [0, 0.05) is 11.7 Å². The second kappa shape index (κ2) is 13.3. The minimum Gasteiger partial charge on any atom is -0.493 e. The molecule has 7 heteroatoms. The predicted octanol–water partition coefficient (Wildman–Crippen LogP) is 3.61. The number of rotatable bonds is 15. The highest BCUT2D eigenvalue weighted by atomic mass is 16.5. The summed E-state index contributed by atoms with van der Waals surface area (Å²) in [7, 11) is 0. The SMILES string of the molecule is CCCCC(NC(=O)c1cc(NC(C)C)ccc1OCCCCCN)C(=O)C(C)(C)N. The topological polar surface area (TPSA) is 119 Å². The summed E-state index contributed by atoms with van der Waals surface area (Å²) in [4.78, 5) is 26.0. The highest BCUT2D eigenvalue weighted by Gasteiger charge is 2.31. The predicted molar refractivity (Wildman–Crippen MR) is 128 cm³/mol. The van der Waals surface area contributed by atoms with Gasteiger partial charge in [-0.2, -0.15) is 0 Å². The van der Waals surface area contributed by atoms with Gasteiger partial charge in [0.25, 0.3) is 5.91 Å². The molecule has 6 N–H and O–H groups in total. The highest BCUT2D eigenvalue weighted by Crippen LogP contribution is 2.24. The Morgan fingerprint density at radius 2 is 1.84 bits per heavy atom. The number of benzene rings is 1. The number of ether oxygens (including phenoxy) is 1. The molecule has 0 saturated carbocycles. The van der Waals surface area contributed by atoms with Crippen LogP contribution in [0, 0.1) is 0 Å². The van der Waals surface area contributed by atoms with E-state index < -0.39 is 11.6 Å². The normalized spacial score (nSPS) is 12.5. The van der Waals surface area contributed by atoms with Gasteiger partial charge in [0.15, 0.2) is 5.78 Å². The van der Waals surface area contributed by atoms with E-state index in [-0.39, 0.29) is 17.7 Å². The van der Waals surface area contributed by atoms with Crippen molar-refractivity contribution in [1.82, 2.24) is 5.32 Å². The molecule has 0 saturated heterocycles. The maximum Gasteiger partial charge on any atom is 0.255 e. The Morgan fingerprint density at radius 3 is 2.42 bits per heavy atom. The molecule has 31 heavy (non-hydrogen) atoms. The van der Waals surface area contributed by atoms with Gasteiger partial charge in [0.05, 0.1) is 23.8 Å². The number of ketones is 1. The Balaban J connectivity index is 3.08. The lowest BCUT2D eigenvalue weighted by molar-refractivity contribution is -0.125. The van der Waals surface area contributed by atoms with Gasteiger partial charge in [0.1, 0.15) is 5.75 Å². The van der Waals surface area contributed by atoms with Crippen LogP contribution in [0.4, 0.5) is 5.69 Å². The molecule has 0 radical (unpaired) electrons. The van der Waals surface area contributed by atoms with Crippen LogP contribution in [0.1, 0.15) is 83.5 Å². The molecule has 1 unspecified atom stereocenters. The molecule has 1 atom stereocenters. The number of nitrogens with two attached hydrogens (primary N) is 2. The van der Waals surface area contributed by atoms with E-state index >= 15 is 0 Å². The van der Waals surface area contributed by atoms with Gasteiger partial charge in [-0.05, 0) is 78.1 Å². The monoisotopic (exact) mass is 434 g/mol. The second-order valence-electron chi connectivity index (χ2n) is 8.96. The van der Waals surface area contributed by atoms with E-state index in [0.717, 1.165) is 37.8 Å². The van der Waals surface area contributed by atoms with Crippen molar-refractivity contribution >= 4 is 17.4 Å². The fourth-order valence-electron chi connectivity index (χ4n) is 3.22. The van der Waals surface area contributed by atoms with Crippen molar-refractivity contribution in [2.24, 2.45) is 11.5 Å². The van der Waals surface area contributed by atoms with Crippen molar-refractivity contribution in [2.45, 2.75) is 90.8 Å². The Kier molecular flexibility index (Phi) is 11.6. The van der Waals surface area contributed by atoms with Crippen molar-refractivity contribution in [1.29, 1.82) is 0 Å². The van der Waals surface area contributed by atoms with E-state index in [4.69, 9.17) is 16.2 Å². The molecule has 1 aromatic carbocycles. The largest absolute Gasteiger partial charge is 0.493 e. The van der Waals surface area contributed by atoms with Gasteiger partial charge in [-0.25, -0.2) is 0 Å². The average Bonchev–Trinajstić information content (AvgIpc) is 2.69. The van der Waals surface area contributed by atoms with E-state index in [9.17, 15) is 9.59 Å². The quantitative estimate of drug-likeness (QED) is 0.313. The molecule has 0 spiro atoms. The number of nitrogens with one attached hydrogen (secondary N) is 2. The first-order valence-electron chi connectivity index (χ1n) is 11.5. The van der Waals surface area contributed by atoms with Crippen LogP contribution >= 0.6 is 0 Å². The zero-order valence-corrected chi connectivity index (χ0v) is 19.9. The third kappa shape index (κ3) is 9.70. The molecular weight excluding hydrogens is 392 g/mol. The molecule has 0 heterocycles. The summed E-state index contributed by atoms with van der Waals surface area (Å²) in [6.07, 6.45) is 5.10. The Labute approximate surface area is 187 Å². The van der Waals surface area contributed by atoms with Gasteiger partial charge in [-0.1, -0.05) is 19.8 Å². The lowest BCUT2D eigenvalue weighted by Gasteiger charge is -2.26. The lowest BCUT2D eigenvalue weighted by atomic mass is 9.91. The van der Waals surface area contributed by atoms with Crippen LogP contribution in [0.3, 0.4) is 0 Å². The molecule has 176 valence electrons. The number of hydrogen-bond acceptors (Lipinski definition) is 6. The molecule has 0 aliphatic carbocycles. The summed E-state index contributed by atoms with van der Waals surface area (Å²) in [6.45, 7) is 10.6. The minimum absolute atomic E-state index is 0.171. The van der Waals surface area contributed by atoms with Crippen LogP contribution in [0.25, 0.3) is 0 Å². The molecule has 0 bridgehead atoms. The van der Waals surface area contributed by atoms with E-state index in [0.29, 0.717) is 30.9 Å². The maximum absolute atomic E-state index is 13.2. The molecule has 0 aliphatic rings. The zero-order chi connectivity index (χ0) is 23.4. The summed E-state index contributed by atoms with van der Waals surface area (Å²) >= 11 is 0. The molecule has 0 aliphatic heterocycles. The first-order valence-corrected chi connectivity index (χ1v) is 11.5. The van der Waals surface area contributed by atoms with E-state index in [2.05, 4.69) is 17.6 Å². The Morgan fingerprint density at radius 1 is 1.13 bits per heavy atom. The van der Waals surface area contributed by atoms with Gasteiger partial charge < -0.3 is 26.8 Å². The number of unbranched alkanes of at least 4 members (excludes halogenated alkanes) is 3. The summed E-state index contributed by atoms with van der Waals surface area (Å²) in [5.74, 6) is 0.00586. The third-order valence-corrected chi connectivity index (χ3v) is 4.89. The molecule has 0 aromatic heterocycles. The van der Waals surface area contributed by atoms with Gasteiger partial charge in [0.2, 0.25) is 0 Å². The number of Topliss-reactive ketones (excluding diaryl/α,β-unsaturated/α-hetero) is 1. The summed E-state index contributed by atoms with van der Waals surface area (Å²) in [5, 5.41) is 6.22. The molecule has 1 aromatic rings. The van der Waals surface area contributed by atoms with Crippen LogP contribution < -0.4 is 26.8 Å². The van der Waals surface area contributed by atoms with Crippen LogP contribution in [0.5, 0.6) is 5.75 Å². The van der Waals surface area contributed by atoms with Crippen LogP contribution in [0.2, 0.25) is 0 Å².